The van der Waals surface area contributed by atoms with Crippen LogP contribution in [0.3, 0.4) is 0 Å². The number of pyridine rings is 1. The number of nitrogens with zero attached hydrogens (tertiary/aromatic N) is 2. The van der Waals surface area contributed by atoms with Crippen LogP contribution in [-0.2, 0) is 4.79 Å². The van der Waals surface area contributed by atoms with Gasteiger partial charge in [-0.25, -0.2) is 0 Å². The van der Waals surface area contributed by atoms with Crippen molar-refractivity contribution < 1.29 is 10.9 Å². The molecular formula is C19H25N3O2. The number of benzene rings is 1. The van der Waals surface area contributed by atoms with E-state index in [1.807, 2.05) is 44.2 Å². The van der Waals surface area contributed by atoms with Crippen LogP contribution in [0, 0.1) is 0 Å². The number of hydrogen-bond acceptors (Lipinski definition) is 4. The van der Waals surface area contributed by atoms with Crippen LogP contribution in [0.5, 0.6) is 5.75 Å². The molecule has 3 rings (SSSR count). The molecule has 0 saturated carbocycles. The third-order valence-electron chi connectivity index (χ3n) is 3.75. The Morgan fingerprint density at radius 2 is 2.00 bits per heavy atom. The van der Waals surface area contributed by atoms with Crippen molar-refractivity contribution in [1.82, 2.24) is 10.3 Å². The van der Waals surface area contributed by atoms with E-state index < -0.39 is 6.39 Å². The Morgan fingerprint density at radius 3 is 2.58 bits per heavy atom. The van der Waals surface area contributed by atoms with E-state index in [9.17, 15) is 4.79 Å². The lowest BCUT2D eigenvalue weighted by Gasteiger charge is -2.40. The summed E-state index contributed by atoms with van der Waals surface area (Å²) in [5, 5.41) is 2.48. The van der Waals surface area contributed by atoms with E-state index in [1.165, 1.54) is 5.69 Å². The van der Waals surface area contributed by atoms with Crippen molar-refractivity contribution in [3.8, 4) is 5.75 Å². The largest absolute Gasteiger partial charge is 0.485 e. The number of ether oxygens (including phenoxy) is 1. The first-order valence-corrected chi connectivity index (χ1v) is 8.31. The van der Waals surface area contributed by atoms with Gasteiger partial charge in [-0.2, -0.15) is 0 Å². The Bertz CT molecular complexity index is 658. The average molecular weight is 329 g/mol. The van der Waals surface area contributed by atoms with Gasteiger partial charge in [0, 0.05) is 5.69 Å². The fourth-order valence-corrected chi connectivity index (χ4v) is 2.43. The molecule has 0 aliphatic carbocycles. The highest BCUT2D eigenvalue weighted by Crippen LogP contribution is 2.24. The smallest absolute Gasteiger partial charge is 0.207 e. The van der Waals surface area contributed by atoms with Gasteiger partial charge in [-0.15, -0.1) is 0 Å². The maximum absolute atomic E-state index is 10.7. The highest BCUT2D eigenvalue weighted by Gasteiger charge is 2.28. The van der Waals surface area contributed by atoms with Gasteiger partial charge in [-0.05, 0) is 31.2 Å². The molecule has 1 aliphatic heterocycles. The summed E-state index contributed by atoms with van der Waals surface area (Å²) in [5.41, 5.74) is 1.92. The Balaban J connectivity index is 0.00000109. The third-order valence-corrected chi connectivity index (χ3v) is 3.75. The summed E-state index contributed by atoms with van der Waals surface area (Å²) < 4.78 is 12.8. The number of anilines is 1. The molecule has 1 N–H and O–H groups in total. The van der Waals surface area contributed by atoms with E-state index in [2.05, 4.69) is 27.3 Å². The van der Waals surface area contributed by atoms with Crippen molar-refractivity contribution in [2.75, 3.05) is 18.0 Å². The number of hydrogen-bond donors (Lipinski definition) is 1. The highest BCUT2D eigenvalue weighted by atomic mass is 16.5. The lowest BCUT2D eigenvalue weighted by Crippen LogP contribution is -2.54. The van der Waals surface area contributed by atoms with Crippen LogP contribution in [0.15, 0.2) is 48.7 Å². The van der Waals surface area contributed by atoms with Crippen molar-refractivity contribution >= 4 is 12.1 Å². The molecule has 2 heterocycles. The molecule has 1 aliphatic rings. The summed E-state index contributed by atoms with van der Waals surface area (Å²) in [4.78, 5) is 17.3. The quantitative estimate of drug-likeness (QED) is 0.856. The first-order chi connectivity index (χ1) is 12.1. The van der Waals surface area contributed by atoms with E-state index in [1.54, 1.807) is 13.1 Å². The van der Waals surface area contributed by atoms with Gasteiger partial charge in [0.15, 0.2) is 0 Å². The van der Waals surface area contributed by atoms with Gasteiger partial charge in [0.25, 0.3) is 0 Å². The van der Waals surface area contributed by atoms with Crippen LogP contribution in [-0.4, -0.2) is 30.6 Å². The Labute approximate surface area is 145 Å². The van der Waals surface area contributed by atoms with E-state index in [0.29, 0.717) is 5.69 Å². The summed E-state index contributed by atoms with van der Waals surface area (Å²) in [6.07, 6.45) is 1.01. The van der Waals surface area contributed by atoms with Gasteiger partial charge >= 0.3 is 0 Å². The lowest BCUT2D eigenvalue weighted by atomic mass is 10.1. The fourth-order valence-electron chi connectivity index (χ4n) is 2.43. The minimum Gasteiger partial charge on any atom is -0.485 e. The second-order valence-corrected chi connectivity index (χ2v) is 5.37. The molecule has 1 aromatic carbocycles. The molecule has 1 aromatic heterocycles. The predicted octanol–water partition coefficient (Wildman–Crippen LogP) is 3.18. The zero-order valence-corrected chi connectivity index (χ0v) is 14.4. The molecule has 24 heavy (non-hydrogen) atoms. The zero-order chi connectivity index (χ0) is 18.2. The van der Waals surface area contributed by atoms with Gasteiger partial charge < -0.3 is 15.0 Å². The number of carbonyl (C=O) groups is 1. The topological polar surface area (TPSA) is 54.5 Å². The number of nitrogens with one attached hydrogen (secondary N) is 1. The Morgan fingerprint density at radius 1 is 1.29 bits per heavy atom. The van der Waals surface area contributed by atoms with Crippen LogP contribution < -0.4 is 15.0 Å². The van der Waals surface area contributed by atoms with Gasteiger partial charge in [0.2, 0.25) is 6.39 Å². The molecule has 5 nitrogen and oxygen atoms in total. The molecule has 1 amide bonds. The monoisotopic (exact) mass is 329 g/mol. The molecule has 0 radical (unpaired) electrons. The number of rotatable bonds is 5. The zero-order valence-electron chi connectivity index (χ0n) is 15.4. The number of aromatic nitrogens is 1. The normalized spacial score (nSPS) is 15.3. The van der Waals surface area contributed by atoms with Crippen LogP contribution in [0.1, 0.15) is 33.9 Å². The third kappa shape index (κ3) is 4.47. The van der Waals surface area contributed by atoms with E-state index in [-0.39, 0.29) is 12.1 Å². The number of amides is 1. The molecule has 0 bridgehead atoms. The molecule has 5 heteroatoms. The van der Waals surface area contributed by atoms with Crippen molar-refractivity contribution in [2.24, 2.45) is 0 Å². The highest BCUT2D eigenvalue weighted by molar-refractivity contribution is 5.49. The molecule has 128 valence electrons. The first kappa shape index (κ1) is 16.3. The summed E-state index contributed by atoms with van der Waals surface area (Å²) >= 11 is 0. The minimum atomic E-state index is -0.810. The summed E-state index contributed by atoms with van der Waals surface area (Å²) in [7, 11) is 0. The summed E-state index contributed by atoms with van der Waals surface area (Å²) in [6, 6.07) is 13.6. The fraction of sp³-hybridized carbons (Fsp3) is 0.368. The number of carbonyl (C=O) groups excluding carboxylic acids is 1. The van der Waals surface area contributed by atoms with Crippen molar-refractivity contribution in [2.45, 2.75) is 32.9 Å². The Hall–Kier alpha value is -2.56. The standard InChI is InChI=1S/C17H19N3O2.C2H6/c1-13(19-12-21)17-8-7-15(9-18-17)22-16-10-20(11-16)14-5-3-2-4-6-14;1-2/h2-9,12-13,16H,10-11H2,1H3,(H,19,21);1-2H3/i12T;. The van der Waals surface area contributed by atoms with Gasteiger partial charge in [-0.3, -0.25) is 9.78 Å². The molecule has 1 atom stereocenters. The SMILES string of the molecule is CC.[3H]C(=O)NC(C)c1ccc(OC2CN(c3ccccc3)C2)cn1. The van der Waals surface area contributed by atoms with Gasteiger partial charge in [0.05, 0.1) is 31.0 Å². The molecule has 1 fully saturated rings. The minimum absolute atomic E-state index is 0.160. The molecule has 1 unspecified atom stereocenters. The van der Waals surface area contributed by atoms with Crippen molar-refractivity contribution in [3.63, 3.8) is 0 Å². The Kier molecular flexibility index (Phi) is 6.05. The van der Waals surface area contributed by atoms with Crippen molar-refractivity contribution in [3.05, 3.63) is 54.4 Å². The average Bonchev–Trinajstić information content (AvgIpc) is 2.60. The molecular weight excluding hydrogens is 302 g/mol. The van der Waals surface area contributed by atoms with E-state index in [0.717, 1.165) is 18.8 Å². The molecule has 1 saturated heterocycles. The predicted molar refractivity (Wildman–Crippen MR) is 96.3 cm³/mol. The van der Waals surface area contributed by atoms with E-state index in [4.69, 9.17) is 6.11 Å². The van der Waals surface area contributed by atoms with E-state index >= 15 is 0 Å². The van der Waals surface area contributed by atoms with Crippen LogP contribution in [0.2, 0.25) is 0 Å². The number of para-hydroxylation sites is 1. The second kappa shape index (κ2) is 8.91. The molecule has 0 spiro atoms. The maximum atomic E-state index is 10.7. The summed E-state index contributed by atoms with van der Waals surface area (Å²) in [6.45, 7) is 7.51. The van der Waals surface area contributed by atoms with Crippen molar-refractivity contribution in [1.29, 1.82) is 0 Å². The van der Waals surface area contributed by atoms with Crippen LogP contribution in [0.4, 0.5) is 5.69 Å². The summed E-state index contributed by atoms with van der Waals surface area (Å²) in [5.74, 6) is 0.718. The second-order valence-electron chi connectivity index (χ2n) is 5.37. The van der Waals surface area contributed by atoms with Crippen LogP contribution >= 0.6 is 0 Å². The van der Waals surface area contributed by atoms with Crippen LogP contribution in [0.25, 0.3) is 0 Å². The molecule has 2 aromatic rings. The first-order valence-electron chi connectivity index (χ1n) is 8.81. The van der Waals surface area contributed by atoms with Gasteiger partial charge in [0.1, 0.15) is 13.2 Å². The van der Waals surface area contributed by atoms with Gasteiger partial charge in [-0.1, -0.05) is 32.0 Å². The lowest BCUT2D eigenvalue weighted by molar-refractivity contribution is -0.110. The maximum Gasteiger partial charge on any atom is 0.207 e.